The highest BCUT2D eigenvalue weighted by atomic mass is 16.3. The number of hydrogen-bond donors (Lipinski definition) is 3. The minimum atomic E-state index is -0.450. The molecule has 0 aromatic heterocycles. The van der Waals surface area contributed by atoms with Gasteiger partial charge >= 0.3 is 0 Å². The van der Waals surface area contributed by atoms with Crippen molar-refractivity contribution in [1.29, 1.82) is 0 Å². The van der Waals surface area contributed by atoms with Crippen molar-refractivity contribution in [2.75, 3.05) is 27.2 Å². The van der Waals surface area contributed by atoms with Gasteiger partial charge in [-0.3, -0.25) is 9.59 Å². The molecule has 0 bridgehead atoms. The van der Waals surface area contributed by atoms with E-state index in [2.05, 4.69) is 10.6 Å². The molecule has 0 aliphatic carbocycles. The first-order valence-electron chi connectivity index (χ1n) is 5.83. The Bertz CT molecular complexity index is 296. The summed E-state index contributed by atoms with van der Waals surface area (Å²) in [5, 5.41) is 14.9. The molecule has 17 heavy (non-hydrogen) atoms. The minimum Gasteiger partial charge on any atom is -0.392 e. The number of carbonyl (C=O) groups excluding carboxylic acids is 2. The largest absolute Gasteiger partial charge is 0.392 e. The number of rotatable bonds is 4. The van der Waals surface area contributed by atoms with Crippen LogP contribution in [0.2, 0.25) is 0 Å². The van der Waals surface area contributed by atoms with Crippen LogP contribution in [-0.4, -0.2) is 61.2 Å². The zero-order valence-corrected chi connectivity index (χ0v) is 10.6. The number of carbonyl (C=O) groups is 2. The van der Waals surface area contributed by atoms with Gasteiger partial charge in [0.1, 0.15) is 0 Å². The fourth-order valence-corrected chi connectivity index (χ4v) is 2.00. The third-order valence-corrected chi connectivity index (χ3v) is 3.02. The quantitative estimate of drug-likeness (QED) is 0.564. The van der Waals surface area contributed by atoms with E-state index in [1.165, 1.54) is 4.90 Å². The summed E-state index contributed by atoms with van der Waals surface area (Å²) in [5.41, 5.74) is 0. The van der Waals surface area contributed by atoms with E-state index in [0.717, 1.165) is 0 Å². The zero-order chi connectivity index (χ0) is 13.0. The second-order valence-electron chi connectivity index (χ2n) is 4.58. The van der Waals surface area contributed by atoms with Crippen LogP contribution in [0, 0.1) is 5.92 Å². The summed E-state index contributed by atoms with van der Waals surface area (Å²) in [4.78, 5) is 24.8. The van der Waals surface area contributed by atoms with Gasteiger partial charge in [0.15, 0.2) is 0 Å². The summed E-state index contributed by atoms with van der Waals surface area (Å²) in [5.74, 6) is -0.387. The van der Waals surface area contributed by atoms with Crippen molar-refractivity contribution in [2.45, 2.75) is 25.5 Å². The van der Waals surface area contributed by atoms with Gasteiger partial charge in [-0.1, -0.05) is 6.92 Å². The number of β-amino-alcohol motifs (C(OH)–C–C–N with tert-alkyl or cyclic N) is 1. The number of aliphatic hydroxyl groups is 1. The third kappa shape index (κ3) is 3.67. The third-order valence-electron chi connectivity index (χ3n) is 3.02. The SMILES string of the molecule is CNC(=O)C(C)CN(C)C(=O)C1CC(O)CN1. The van der Waals surface area contributed by atoms with E-state index < -0.39 is 6.10 Å². The topological polar surface area (TPSA) is 81.7 Å². The maximum atomic E-state index is 12.0. The molecule has 3 unspecified atom stereocenters. The first-order valence-corrected chi connectivity index (χ1v) is 5.83. The molecule has 0 aromatic rings. The van der Waals surface area contributed by atoms with Gasteiger partial charge in [0, 0.05) is 27.2 Å². The van der Waals surface area contributed by atoms with Gasteiger partial charge in [-0.15, -0.1) is 0 Å². The summed E-state index contributed by atoms with van der Waals surface area (Å²) in [6.07, 6.45) is -0.00827. The van der Waals surface area contributed by atoms with Crippen molar-refractivity contribution in [3.05, 3.63) is 0 Å². The summed E-state index contributed by atoms with van der Waals surface area (Å²) in [6, 6.07) is -0.327. The molecule has 3 N–H and O–H groups in total. The second-order valence-corrected chi connectivity index (χ2v) is 4.58. The highest BCUT2D eigenvalue weighted by Crippen LogP contribution is 2.10. The Hall–Kier alpha value is -1.14. The van der Waals surface area contributed by atoms with E-state index in [1.807, 2.05) is 0 Å². The van der Waals surface area contributed by atoms with Gasteiger partial charge in [-0.25, -0.2) is 0 Å². The van der Waals surface area contributed by atoms with E-state index in [-0.39, 0.29) is 23.8 Å². The lowest BCUT2D eigenvalue weighted by molar-refractivity contribution is -0.133. The van der Waals surface area contributed by atoms with Crippen molar-refractivity contribution in [1.82, 2.24) is 15.5 Å². The Morgan fingerprint density at radius 1 is 1.59 bits per heavy atom. The Labute approximate surface area is 101 Å². The smallest absolute Gasteiger partial charge is 0.239 e. The average molecular weight is 243 g/mol. The van der Waals surface area contributed by atoms with Crippen LogP contribution in [0.5, 0.6) is 0 Å². The van der Waals surface area contributed by atoms with Crippen molar-refractivity contribution < 1.29 is 14.7 Å². The molecule has 0 radical (unpaired) electrons. The molecular weight excluding hydrogens is 222 g/mol. The molecule has 1 aliphatic rings. The van der Waals surface area contributed by atoms with Crippen molar-refractivity contribution >= 4 is 11.8 Å². The van der Waals surface area contributed by atoms with Gasteiger partial charge in [0.25, 0.3) is 0 Å². The molecular formula is C11H21N3O3. The van der Waals surface area contributed by atoms with Crippen LogP contribution in [0.4, 0.5) is 0 Å². The molecule has 6 heteroatoms. The fourth-order valence-electron chi connectivity index (χ4n) is 2.00. The second kappa shape index (κ2) is 5.97. The predicted octanol–water partition coefficient (Wildman–Crippen LogP) is -1.45. The Kier molecular flexibility index (Phi) is 4.89. The van der Waals surface area contributed by atoms with E-state index in [0.29, 0.717) is 19.5 Å². The number of amides is 2. The molecule has 0 aromatic carbocycles. The Morgan fingerprint density at radius 2 is 2.24 bits per heavy atom. The molecule has 1 heterocycles. The molecule has 0 saturated carbocycles. The average Bonchev–Trinajstić information content (AvgIpc) is 2.73. The van der Waals surface area contributed by atoms with Crippen LogP contribution in [-0.2, 0) is 9.59 Å². The molecule has 3 atom stereocenters. The molecule has 0 spiro atoms. The zero-order valence-electron chi connectivity index (χ0n) is 10.6. The van der Waals surface area contributed by atoms with E-state index in [1.54, 1.807) is 21.0 Å². The number of aliphatic hydroxyl groups excluding tert-OH is 1. The number of nitrogens with zero attached hydrogens (tertiary/aromatic N) is 1. The van der Waals surface area contributed by atoms with E-state index >= 15 is 0 Å². The summed E-state index contributed by atoms with van der Waals surface area (Å²) >= 11 is 0. The summed E-state index contributed by atoms with van der Waals surface area (Å²) in [7, 11) is 3.25. The maximum Gasteiger partial charge on any atom is 0.239 e. The Morgan fingerprint density at radius 3 is 2.71 bits per heavy atom. The lowest BCUT2D eigenvalue weighted by Gasteiger charge is -2.23. The highest BCUT2D eigenvalue weighted by Gasteiger charge is 2.30. The first kappa shape index (κ1) is 13.9. The normalized spacial score (nSPS) is 25.4. The molecule has 2 amide bonds. The molecule has 1 rings (SSSR count). The Balaban J connectivity index is 2.44. The predicted molar refractivity (Wildman–Crippen MR) is 63.3 cm³/mol. The minimum absolute atomic E-state index is 0.0719. The van der Waals surface area contributed by atoms with Crippen molar-refractivity contribution in [3.8, 4) is 0 Å². The highest BCUT2D eigenvalue weighted by molar-refractivity contribution is 5.83. The fraction of sp³-hybridized carbons (Fsp3) is 0.818. The van der Waals surface area contributed by atoms with Gasteiger partial charge in [-0.05, 0) is 6.42 Å². The molecule has 1 fully saturated rings. The van der Waals surface area contributed by atoms with Crippen LogP contribution in [0.25, 0.3) is 0 Å². The van der Waals surface area contributed by atoms with Crippen molar-refractivity contribution in [2.24, 2.45) is 5.92 Å². The molecule has 98 valence electrons. The molecule has 1 aliphatic heterocycles. The number of hydrogen-bond acceptors (Lipinski definition) is 4. The summed E-state index contributed by atoms with van der Waals surface area (Å²) in [6.45, 7) is 2.61. The van der Waals surface area contributed by atoms with Gasteiger partial charge < -0.3 is 20.6 Å². The summed E-state index contributed by atoms with van der Waals surface area (Å²) < 4.78 is 0. The van der Waals surface area contributed by atoms with Crippen molar-refractivity contribution in [3.63, 3.8) is 0 Å². The first-order chi connectivity index (χ1) is 7.95. The lowest BCUT2D eigenvalue weighted by atomic mass is 10.1. The lowest BCUT2D eigenvalue weighted by Crippen LogP contribution is -2.45. The van der Waals surface area contributed by atoms with Crippen LogP contribution in [0.1, 0.15) is 13.3 Å². The molecule has 6 nitrogen and oxygen atoms in total. The van der Waals surface area contributed by atoms with Gasteiger partial charge in [0.05, 0.1) is 18.1 Å². The van der Waals surface area contributed by atoms with Crippen LogP contribution in [0.3, 0.4) is 0 Å². The van der Waals surface area contributed by atoms with E-state index in [4.69, 9.17) is 0 Å². The van der Waals surface area contributed by atoms with Gasteiger partial charge in [-0.2, -0.15) is 0 Å². The monoisotopic (exact) mass is 243 g/mol. The van der Waals surface area contributed by atoms with Crippen LogP contribution >= 0.6 is 0 Å². The van der Waals surface area contributed by atoms with E-state index in [9.17, 15) is 14.7 Å². The van der Waals surface area contributed by atoms with Gasteiger partial charge in [0.2, 0.25) is 11.8 Å². The van der Waals surface area contributed by atoms with Crippen LogP contribution < -0.4 is 10.6 Å². The maximum absolute atomic E-state index is 12.0. The number of nitrogens with one attached hydrogen (secondary N) is 2. The van der Waals surface area contributed by atoms with Crippen LogP contribution in [0.15, 0.2) is 0 Å². The number of likely N-dealkylation sites (N-methyl/N-ethyl adjacent to an activating group) is 1. The standard InChI is InChI=1S/C11H21N3O3/c1-7(10(16)12-2)6-14(3)11(17)9-4-8(15)5-13-9/h7-9,13,15H,4-6H2,1-3H3,(H,12,16). The molecule has 1 saturated heterocycles.